The fraction of sp³-hybridized carbons (Fsp3) is 0.174. The average Bonchev–Trinajstić information content (AvgIpc) is 2.76. The fourth-order valence-electron chi connectivity index (χ4n) is 3.03. The summed E-state index contributed by atoms with van der Waals surface area (Å²) < 4.78 is 41.8. The van der Waals surface area contributed by atoms with Gasteiger partial charge in [0.05, 0.1) is 11.4 Å². The van der Waals surface area contributed by atoms with Gasteiger partial charge in [-0.05, 0) is 60.5 Å². The quantitative estimate of drug-likeness (QED) is 0.447. The molecule has 0 heterocycles. The van der Waals surface area contributed by atoms with Gasteiger partial charge < -0.3 is 5.32 Å². The molecule has 5 nitrogen and oxygen atoms in total. The summed E-state index contributed by atoms with van der Waals surface area (Å²) in [7, 11) is -4.16. The number of nitrogens with one attached hydrogen (secondary N) is 1. The smallest absolute Gasteiger partial charge is 0.243 e. The van der Waals surface area contributed by atoms with E-state index in [0.717, 1.165) is 16.3 Å². The van der Waals surface area contributed by atoms with E-state index in [-0.39, 0.29) is 15.5 Å². The van der Waals surface area contributed by atoms with Crippen molar-refractivity contribution in [3.63, 3.8) is 0 Å². The summed E-state index contributed by atoms with van der Waals surface area (Å²) in [6.07, 6.45) is 0.852. The molecule has 0 saturated carbocycles. The van der Waals surface area contributed by atoms with Crippen molar-refractivity contribution < 1.29 is 17.6 Å². The van der Waals surface area contributed by atoms with Gasteiger partial charge in [-0.2, -0.15) is 4.31 Å². The summed E-state index contributed by atoms with van der Waals surface area (Å²) in [5, 5.41) is 3.11. The van der Waals surface area contributed by atoms with E-state index in [9.17, 15) is 17.6 Å². The van der Waals surface area contributed by atoms with Gasteiger partial charge in [0.15, 0.2) is 0 Å². The van der Waals surface area contributed by atoms with Gasteiger partial charge in [0.1, 0.15) is 5.82 Å². The van der Waals surface area contributed by atoms with Crippen LogP contribution in [0.25, 0.3) is 0 Å². The molecule has 168 valence electrons. The van der Waals surface area contributed by atoms with Crippen LogP contribution in [-0.4, -0.2) is 25.2 Å². The Morgan fingerprint density at radius 3 is 2.25 bits per heavy atom. The first-order valence-electron chi connectivity index (χ1n) is 9.78. The molecule has 0 spiro atoms. The second-order valence-corrected chi connectivity index (χ2v) is 9.81. The molecule has 3 aromatic rings. The Morgan fingerprint density at radius 2 is 1.66 bits per heavy atom. The zero-order chi connectivity index (χ0) is 23.3. The monoisotopic (exact) mass is 494 g/mol. The van der Waals surface area contributed by atoms with Crippen molar-refractivity contribution >= 4 is 44.8 Å². The van der Waals surface area contributed by atoms with E-state index in [4.69, 9.17) is 23.2 Å². The van der Waals surface area contributed by atoms with Crippen molar-refractivity contribution in [2.45, 2.75) is 24.8 Å². The lowest BCUT2D eigenvalue weighted by Crippen LogP contribution is -2.37. The van der Waals surface area contributed by atoms with E-state index >= 15 is 0 Å². The number of halogens is 3. The lowest BCUT2D eigenvalue weighted by molar-refractivity contribution is -0.116. The molecular formula is C23H21Cl2FN2O3S. The van der Waals surface area contributed by atoms with Crippen LogP contribution < -0.4 is 5.32 Å². The van der Waals surface area contributed by atoms with Crippen molar-refractivity contribution in [1.29, 1.82) is 0 Å². The van der Waals surface area contributed by atoms with E-state index < -0.39 is 34.8 Å². The van der Waals surface area contributed by atoms with Gasteiger partial charge in [-0.25, -0.2) is 12.8 Å². The molecule has 0 fully saturated rings. The predicted molar refractivity (Wildman–Crippen MR) is 125 cm³/mol. The minimum atomic E-state index is -4.16. The Labute approximate surface area is 196 Å². The van der Waals surface area contributed by atoms with E-state index in [2.05, 4.69) is 5.32 Å². The minimum absolute atomic E-state index is 0.0215. The number of carbonyl (C=O) groups is 1. The topological polar surface area (TPSA) is 66.5 Å². The molecule has 0 saturated heterocycles. The van der Waals surface area contributed by atoms with Crippen LogP contribution in [0, 0.1) is 5.82 Å². The van der Waals surface area contributed by atoms with E-state index in [1.54, 1.807) is 12.1 Å². The highest BCUT2D eigenvalue weighted by molar-refractivity contribution is 7.89. The first kappa shape index (κ1) is 24.2. The van der Waals surface area contributed by atoms with E-state index in [1.807, 2.05) is 19.1 Å². The number of rotatable bonds is 8. The molecule has 0 aliphatic rings. The summed E-state index contributed by atoms with van der Waals surface area (Å²) in [6.45, 7) is 1.06. The summed E-state index contributed by atoms with van der Waals surface area (Å²) in [5.41, 5.74) is 1.61. The highest BCUT2D eigenvalue weighted by atomic mass is 35.5. The Bertz CT molecular complexity index is 1180. The van der Waals surface area contributed by atoms with Crippen LogP contribution in [0.1, 0.15) is 18.1 Å². The molecule has 9 heteroatoms. The SMILES string of the molecule is CCc1ccc(NC(=O)CN(Cc2c(F)cccc2Cl)S(=O)(=O)c2ccc(Cl)cc2)cc1. The first-order chi connectivity index (χ1) is 15.2. The highest BCUT2D eigenvalue weighted by Crippen LogP contribution is 2.25. The largest absolute Gasteiger partial charge is 0.325 e. The Balaban J connectivity index is 1.90. The summed E-state index contributed by atoms with van der Waals surface area (Å²) in [5.74, 6) is -1.23. The average molecular weight is 495 g/mol. The van der Waals surface area contributed by atoms with Crippen molar-refractivity contribution in [2.24, 2.45) is 0 Å². The van der Waals surface area contributed by atoms with Crippen LogP contribution in [0.5, 0.6) is 0 Å². The minimum Gasteiger partial charge on any atom is -0.325 e. The number of hydrogen-bond donors (Lipinski definition) is 1. The van der Waals surface area contributed by atoms with Crippen LogP contribution >= 0.6 is 23.2 Å². The fourth-order valence-corrected chi connectivity index (χ4v) is 4.74. The molecule has 0 radical (unpaired) electrons. The Morgan fingerprint density at radius 1 is 1.00 bits per heavy atom. The summed E-state index contributed by atoms with van der Waals surface area (Å²) in [6, 6.07) is 16.8. The van der Waals surface area contributed by atoms with E-state index in [1.165, 1.54) is 42.5 Å². The molecule has 0 aromatic heterocycles. The second-order valence-electron chi connectivity index (χ2n) is 7.03. The normalized spacial score (nSPS) is 11.5. The molecule has 0 unspecified atom stereocenters. The van der Waals surface area contributed by atoms with Gasteiger partial charge in [-0.3, -0.25) is 4.79 Å². The molecule has 32 heavy (non-hydrogen) atoms. The van der Waals surface area contributed by atoms with E-state index in [0.29, 0.717) is 10.7 Å². The molecule has 1 amide bonds. The van der Waals surface area contributed by atoms with Crippen molar-refractivity contribution in [2.75, 3.05) is 11.9 Å². The highest BCUT2D eigenvalue weighted by Gasteiger charge is 2.28. The zero-order valence-electron chi connectivity index (χ0n) is 17.2. The van der Waals surface area contributed by atoms with Gasteiger partial charge in [0.2, 0.25) is 15.9 Å². The Hall–Kier alpha value is -2.45. The van der Waals surface area contributed by atoms with Crippen molar-refractivity contribution in [3.8, 4) is 0 Å². The van der Waals surface area contributed by atoms with Crippen LogP contribution in [0.2, 0.25) is 10.0 Å². The lowest BCUT2D eigenvalue weighted by atomic mass is 10.1. The van der Waals surface area contributed by atoms with Gasteiger partial charge in [-0.1, -0.05) is 48.3 Å². The second kappa shape index (κ2) is 10.4. The summed E-state index contributed by atoms with van der Waals surface area (Å²) >= 11 is 12.0. The van der Waals surface area contributed by atoms with Crippen LogP contribution in [0.15, 0.2) is 71.6 Å². The van der Waals surface area contributed by atoms with Crippen LogP contribution in [0.3, 0.4) is 0 Å². The third kappa shape index (κ3) is 5.86. The number of hydrogen-bond acceptors (Lipinski definition) is 3. The molecule has 0 aliphatic heterocycles. The number of aryl methyl sites for hydroxylation is 1. The van der Waals surface area contributed by atoms with Crippen molar-refractivity contribution in [1.82, 2.24) is 4.31 Å². The molecule has 0 aliphatic carbocycles. The molecule has 3 rings (SSSR count). The number of carbonyl (C=O) groups excluding carboxylic acids is 1. The standard InChI is InChI=1S/C23H21Cl2FN2O3S/c1-2-16-6-10-18(11-7-16)27-23(29)15-28(14-20-21(25)4-3-5-22(20)26)32(30,31)19-12-8-17(24)9-13-19/h3-13H,2,14-15H2,1H3,(H,27,29). The number of amides is 1. The number of sulfonamides is 1. The maximum absolute atomic E-state index is 14.4. The van der Waals surface area contributed by atoms with Gasteiger partial charge in [0, 0.05) is 27.8 Å². The number of benzene rings is 3. The molecule has 0 bridgehead atoms. The predicted octanol–water partition coefficient (Wildman–Crippen LogP) is 5.52. The van der Waals surface area contributed by atoms with Gasteiger partial charge in [0.25, 0.3) is 0 Å². The molecule has 3 aromatic carbocycles. The Kier molecular flexibility index (Phi) is 7.90. The first-order valence-corrected chi connectivity index (χ1v) is 12.0. The molecule has 0 atom stereocenters. The summed E-state index contributed by atoms with van der Waals surface area (Å²) in [4.78, 5) is 12.6. The molecular weight excluding hydrogens is 474 g/mol. The maximum atomic E-state index is 14.4. The van der Waals surface area contributed by atoms with Crippen molar-refractivity contribution in [3.05, 3.63) is 93.7 Å². The van der Waals surface area contributed by atoms with Gasteiger partial charge >= 0.3 is 0 Å². The zero-order valence-corrected chi connectivity index (χ0v) is 19.5. The number of nitrogens with zero attached hydrogens (tertiary/aromatic N) is 1. The molecule has 1 N–H and O–H groups in total. The third-order valence-corrected chi connectivity index (χ3v) is 7.23. The van der Waals surface area contributed by atoms with Gasteiger partial charge in [-0.15, -0.1) is 0 Å². The maximum Gasteiger partial charge on any atom is 0.243 e. The van der Waals surface area contributed by atoms with Crippen LogP contribution in [-0.2, 0) is 27.8 Å². The third-order valence-electron chi connectivity index (χ3n) is 4.81. The number of anilines is 1. The lowest BCUT2D eigenvalue weighted by Gasteiger charge is -2.23. The van der Waals surface area contributed by atoms with Crippen LogP contribution in [0.4, 0.5) is 10.1 Å².